The molecule has 1 aliphatic rings. The van der Waals surface area contributed by atoms with E-state index in [0.29, 0.717) is 21.9 Å². The monoisotopic (exact) mass is 431 g/mol. The molecule has 0 aromatic heterocycles. The van der Waals surface area contributed by atoms with Crippen LogP contribution in [0.1, 0.15) is 22.3 Å². The third kappa shape index (κ3) is 3.31. The van der Waals surface area contributed by atoms with Crippen LogP contribution in [-0.4, -0.2) is 13.0 Å². The molecule has 0 saturated heterocycles. The van der Waals surface area contributed by atoms with Crippen LogP contribution in [0.15, 0.2) is 66.7 Å². The van der Waals surface area contributed by atoms with Crippen LogP contribution in [-0.2, 0) is 22.8 Å². The summed E-state index contributed by atoms with van der Waals surface area (Å²) in [6, 6.07) is 17.5. The maximum Gasteiger partial charge on any atom is 0.416 e. The zero-order valence-electron chi connectivity index (χ0n) is 15.9. The second kappa shape index (κ2) is 7.36. The molecule has 3 aromatic rings. The molecule has 7 heteroatoms. The molecule has 1 amide bonds. The van der Waals surface area contributed by atoms with Crippen molar-refractivity contribution in [3.8, 4) is 5.75 Å². The summed E-state index contributed by atoms with van der Waals surface area (Å²) in [6.45, 7) is 0. The number of halogens is 4. The first-order valence-corrected chi connectivity index (χ1v) is 9.54. The summed E-state index contributed by atoms with van der Waals surface area (Å²) in [5.74, 6) is -0.000488. The molecule has 0 unspecified atom stereocenters. The van der Waals surface area contributed by atoms with Gasteiger partial charge in [-0.25, -0.2) is 0 Å². The molecule has 0 saturated carbocycles. The first-order valence-electron chi connectivity index (χ1n) is 9.17. The lowest BCUT2D eigenvalue weighted by molar-refractivity contribution is -0.137. The largest absolute Gasteiger partial charge is 0.496 e. The van der Waals surface area contributed by atoms with Gasteiger partial charge < -0.3 is 10.1 Å². The number of ether oxygens (including phenoxy) is 1. The Labute approximate surface area is 176 Å². The van der Waals surface area contributed by atoms with Crippen molar-refractivity contribution in [3.05, 3.63) is 94.0 Å². The number of rotatable bonds is 4. The van der Waals surface area contributed by atoms with Gasteiger partial charge in [-0.15, -0.1) is 0 Å². The standard InChI is InChI=1S/C23H17ClF3NO2/c1-30-20-10-8-16(24)12-18(20)22(13-14-5-3-2-4-6-14)17-9-7-15(23(25,26)27)11-19(17)28-21(22)29/h2-12H,13H2,1H3,(H,28,29)/t22-/m0/s1. The average Bonchev–Trinajstić information content (AvgIpc) is 2.99. The Morgan fingerprint density at radius 1 is 1.00 bits per heavy atom. The fourth-order valence-electron chi connectivity index (χ4n) is 4.00. The molecule has 0 spiro atoms. The first-order chi connectivity index (χ1) is 14.3. The highest BCUT2D eigenvalue weighted by Crippen LogP contribution is 2.49. The highest BCUT2D eigenvalue weighted by molar-refractivity contribution is 6.30. The number of hydrogen-bond acceptors (Lipinski definition) is 2. The minimum Gasteiger partial charge on any atom is -0.496 e. The van der Waals surface area contributed by atoms with Crippen LogP contribution >= 0.6 is 11.6 Å². The molecule has 1 aliphatic heterocycles. The maximum atomic E-state index is 13.4. The number of methoxy groups -OCH3 is 1. The Balaban J connectivity index is 1.99. The van der Waals surface area contributed by atoms with Crippen LogP contribution in [0.25, 0.3) is 0 Å². The van der Waals surface area contributed by atoms with E-state index in [1.807, 2.05) is 30.3 Å². The highest BCUT2D eigenvalue weighted by Gasteiger charge is 2.50. The summed E-state index contributed by atoms with van der Waals surface area (Å²) in [4.78, 5) is 13.4. The van der Waals surface area contributed by atoms with Crippen LogP contribution in [0.2, 0.25) is 5.02 Å². The molecule has 3 aromatic carbocycles. The summed E-state index contributed by atoms with van der Waals surface area (Å²) in [6.07, 6.45) is -4.28. The number of benzene rings is 3. The van der Waals surface area contributed by atoms with E-state index in [1.165, 1.54) is 13.2 Å². The van der Waals surface area contributed by atoms with E-state index in [2.05, 4.69) is 5.32 Å². The molecule has 1 heterocycles. The van der Waals surface area contributed by atoms with Crippen molar-refractivity contribution in [2.45, 2.75) is 18.0 Å². The third-order valence-electron chi connectivity index (χ3n) is 5.38. The van der Waals surface area contributed by atoms with E-state index >= 15 is 0 Å². The van der Waals surface area contributed by atoms with Gasteiger partial charge in [-0.2, -0.15) is 13.2 Å². The van der Waals surface area contributed by atoms with Gasteiger partial charge in [0.1, 0.15) is 11.2 Å². The molecule has 3 nitrogen and oxygen atoms in total. The van der Waals surface area contributed by atoms with Crippen molar-refractivity contribution < 1.29 is 22.7 Å². The number of carbonyl (C=O) groups excluding carboxylic acids is 1. The fraction of sp³-hybridized carbons (Fsp3) is 0.174. The van der Waals surface area contributed by atoms with Gasteiger partial charge in [0.15, 0.2) is 0 Å². The molecule has 1 N–H and O–H groups in total. The third-order valence-corrected chi connectivity index (χ3v) is 5.61. The van der Waals surface area contributed by atoms with Crippen LogP contribution < -0.4 is 10.1 Å². The van der Waals surface area contributed by atoms with Crippen molar-refractivity contribution in [1.82, 2.24) is 0 Å². The number of nitrogens with one attached hydrogen (secondary N) is 1. The van der Waals surface area contributed by atoms with Gasteiger partial charge in [-0.05, 0) is 47.9 Å². The van der Waals surface area contributed by atoms with Crippen molar-refractivity contribution in [3.63, 3.8) is 0 Å². The number of amides is 1. The van der Waals surface area contributed by atoms with Crippen LogP contribution in [0.3, 0.4) is 0 Å². The van der Waals surface area contributed by atoms with Crippen molar-refractivity contribution in [2.24, 2.45) is 0 Å². The predicted octanol–water partition coefficient (Wildman–Crippen LogP) is 5.85. The normalized spacial score (nSPS) is 18.1. The Bertz CT molecular complexity index is 1120. The number of carbonyl (C=O) groups is 1. The zero-order chi connectivity index (χ0) is 21.5. The molecule has 0 fully saturated rings. The van der Waals surface area contributed by atoms with Gasteiger partial charge in [0, 0.05) is 16.3 Å². The molecular formula is C23H17ClF3NO2. The average molecular weight is 432 g/mol. The summed E-state index contributed by atoms with van der Waals surface area (Å²) in [5.41, 5.74) is -0.190. The van der Waals surface area contributed by atoms with Crippen molar-refractivity contribution in [2.75, 3.05) is 12.4 Å². The molecule has 0 aliphatic carbocycles. The lowest BCUT2D eigenvalue weighted by atomic mass is 9.70. The minimum absolute atomic E-state index is 0.132. The summed E-state index contributed by atoms with van der Waals surface area (Å²) >= 11 is 6.24. The predicted molar refractivity (Wildman–Crippen MR) is 109 cm³/mol. The van der Waals surface area contributed by atoms with Gasteiger partial charge >= 0.3 is 6.18 Å². The minimum atomic E-state index is -4.52. The Kier molecular flexibility index (Phi) is 4.98. The van der Waals surface area contributed by atoms with Gasteiger partial charge in [0.2, 0.25) is 5.91 Å². The van der Waals surface area contributed by atoms with E-state index < -0.39 is 23.1 Å². The molecule has 1 atom stereocenters. The van der Waals surface area contributed by atoms with Gasteiger partial charge in [-0.3, -0.25) is 4.79 Å². The number of anilines is 1. The number of fused-ring (bicyclic) bond motifs is 1. The second-order valence-corrected chi connectivity index (χ2v) is 7.56. The topological polar surface area (TPSA) is 38.3 Å². The lowest BCUT2D eigenvalue weighted by Gasteiger charge is -2.30. The van der Waals surface area contributed by atoms with Crippen LogP contribution in [0.5, 0.6) is 5.75 Å². The SMILES string of the molecule is COc1ccc(Cl)cc1[C@@]1(Cc2ccccc2)C(=O)Nc2cc(C(F)(F)F)ccc21. The molecule has 0 bridgehead atoms. The first kappa shape index (κ1) is 20.3. The Hall–Kier alpha value is -2.99. The summed E-state index contributed by atoms with van der Waals surface area (Å²) in [5, 5.41) is 3.05. The second-order valence-electron chi connectivity index (χ2n) is 7.12. The molecule has 0 radical (unpaired) electrons. The quantitative estimate of drug-likeness (QED) is 0.563. The molecule has 30 heavy (non-hydrogen) atoms. The van der Waals surface area contributed by atoms with Crippen LogP contribution in [0.4, 0.5) is 18.9 Å². The van der Waals surface area contributed by atoms with Gasteiger partial charge in [0.05, 0.1) is 12.7 Å². The summed E-state index contributed by atoms with van der Waals surface area (Å²) in [7, 11) is 1.48. The Morgan fingerprint density at radius 2 is 1.73 bits per heavy atom. The molecular weight excluding hydrogens is 415 g/mol. The maximum absolute atomic E-state index is 13.4. The van der Waals surface area contributed by atoms with Crippen molar-refractivity contribution >= 4 is 23.2 Å². The smallest absolute Gasteiger partial charge is 0.416 e. The zero-order valence-corrected chi connectivity index (χ0v) is 16.6. The number of alkyl halides is 3. The van der Waals surface area contributed by atoms with Crippen LogP contribution in [0, 0.1) is 0 Å². The van der Waals surface area contributed by atoms with E-state index in [4.69, 9.17) is 16.3 Å². The van der Waals surface area contributed by atoms with E-state index in [1.54, 1.807) is 18.2 Å². The summed E-state index contributed by atoms with van der Waals surface area (Å²) < 4.78 is 45.2. The van der Waals surface area contributed by atoms with E-state index in [9.17, 15) is 18.0 Å². The van der Waals surface area contributed by atoms with E-state index in [-0.39, 0.29) is 12.1 Å². The fourth-order valence-corrected chi connectivity index (χ4v) is 4.17. The van der Waals surface area contributed by atoms with Gasteiger partial charge in [0.25, 0.3) is 0 Å². The highest BCUT2D eigenvalue weighted by atomic mass is 35.5. The Morgan fingerprint density at radius 3 is 2.40 bits per heavy atom. The van der Waals surface area contributed by atoms with Crippen molar-refractivity contribution in [1.29, 1.82) is 0 Å². The van der Waals surface area contributed by atoms with Gasteiger partial charge in [-0.1, -0.05) is 48.0 Å². The molecule has 154 valence electrons. The molecule has 4 rings (SSSR count). The lowest BCUT2D eigenvalue weighted by Crippen LogP contribution is -2.38. The van der Waals surface area contributed by atoms with E-state index in [0.717, 1.165) is 17.7 Å². The number of hydrogen-bond donors (Lipinski definition) is 1.